The molecule has 5 rings (SSSR count). The standard InChI is InChI=1S/C25H22N4OS/c1-17-9-11-18(12-10-17)23-22-14-19(15-26-16-21-8-5-13-31-21)25(30)27-24(22)29(28-23)20-6-3-2-4-7-20/h2-14,26H,15-16H2,1H3,(H,27,30). The number of H-pyrrole nitrogens is 1. The molecule has 5 nitrogen and oxygen atoms in total. The first kappa shape index (κ1) is 19.5. The van der Waals surface area contributed by atoms with Crippen LogP contribution in [0.5, 0.6) is 0 Å². The molecular formula is C25H22N4OS. The number of rotatable bonds is 6. The summed E-state index contributed by atoms with van der Waals surface area (Å²) in [4.78, 5) is 17.2. The van der Waals surface area contributed by atoms with Crippen molar-refractivity contribution in [2.75, 3.05) is 0 Å². The Kier molecular flexibility index (Phi) is 5.24. The summed E-state index contributed by atoms with van der Waals surface area (Å²) in [5.74, 6) is 0. The highest BCUT2D eigenvalue weighted by Gasteiger charge is 2.16. The lowest BCUT2D eigenvalue weighted by Gasteiger charge is -2.05. The number of para-hydroxylation sites is 1. The number of pyridine rings is 1. The van der Waals surface area contributed by atoms with Crippen molar-refractivity contribution >= 4 is 22.4 Å². The van der Waals surface area contributed by atoms with Gasteiger partial charge in [0.25, 0.3) is 5.56 Å². The summed E-state index contributed by atoms with van der Waals surface area (Å²) < 4.78 is 1.81. The summed E-state index contributed by atoms with van der Waals surface area (Å²) in [6.45, 7) is 3.30. The quantitative estimate of drug-likeness (QED) is 0.400. The average Bonchev–Trinajstić information content (AvgIpc) is 3.43. The Balaban J connectivity index is 1.60. The lowest BCUT2D eigenvalue weighted by Crippen LogP contribution is -2.20. The van der Waals surface area contributed by atoms with Crippen LogP contribution >= 0.6 is 11.3 Å². The number of nitrogens with one attached hydrogen (secondary N) is 2. The van der Waals surface area contributed by atoms with Crippen LogP contribution in [-0.4, -0.2) is 14.8 Å². The zero-order valence-corrected chi connectivity index (χ0v) is 17.9. The molecule has 2 N–H and O–H groups in total. The van der Waals surface area contributed by atoms with E-state index in [1.54, 1.807) is 11.3 Å². The maximum absolute atomic E-state index is 12.9. The van der Waals surface area contributed by atoms with E-state index in [0.29, 0.717) is 17.8 Å². The summed E-state index contributed by atoms with van der Waals surface area (Å²) >= 11 is 1.70. The Morgan fingerprint density at radius 3 is 2.55 bits per heavy atom. The van der Waals surface area contributed by atoms with E-state index in [0.717, 1.165) is 28.9 Å². The van der Waals surface area contributed by atoms with Crippen molar-refractivity contribution in [2.45, 2.75) is 20.0 Å². The van der Waals surface area contributed by atoms with E-state index in [2.05, 4.69) is 52.9 Å². The van der Waals surface area contributed by atoms with Gasteiger partial charge in [-0.15, -0.1) is 11.3 Å². The average molecular weight is 427 g/mol. The molecule has 2 aromatic carbocycles. The van der Waals surface area contributed by atoms with Gasteiger partial charge < -0.3 is 10.3 Å². The summed E-state index contributed by atoms with van der Waals surface area (Å²) in [6.07, 6.45) is 0. The molecule has 0 aliphatic rings. The first-order valence-electron chi connectivity index (χ1n) is 10.2. The van der Waals surface area contributed by atoms with E-state index in [4.69, 9.17) is 5.10 Å². The number of aromatic nitrogens is 3. The molecule has 0 radical (unpaired) electrons. The van der Waals surface area contributed by atoms with Crippen LogP contribution in [-0.2, 0) is 13.1 Å². The Morgan fingerprint density at radius 1 is 1.00 bits per heavy atom. The van der Waals surface area contributed by atoms with E-state index >= 15 is 0 Å². The maximum Gasteiger partial charge on any atom is 0.254 e. The molecule has 3 heterocycles. The minimum Gasteiger partial charge on any atom is -0.308 e. The Morgan fingerprint density at radius 2 is 1.81 bits per heavy atom. The second-order valence-corrected chi connectivity index (χ2v) is 8.56. The normalized spacial score (nSPS) is 11.3. The van der Waals surface area contributed by atoms with E-state index in [1.807, 2.05) is 47.1 Å². The highest BCUT2D eigenvalue weighted by molar-refractivity contribution is 7.09. The summed E-state index contributed by atoms with van der Waals surface area (Å²) in [7, 11) is 0. The fraction of sp³-hybridized carbons (Fsp3) is 0.120. The molecule has 0 fully saturated rings. The van der Waals surface area contributed by atoms with Gasteiger partial charge in [-0.25, -0.2) is 4.68 Å². The van der Waals surface area contributed by atoms with Crippen molar-refractivity contribution in [1.82, 2.24) is 20.1 Å². The van der Waals surface area contributed by atoms with Crippen LogP contribution in [0.15, 0.2) is 83.0 Å². The molecule has 0 spiro atoms. The van der Waals surface area contributed by atoms with Gasteiger partial charge in [0.1, 0.15) is 11.3 Å². The monoisotopic (exact) mass is 426 g/mol. The Labute approximate surface area is 184 Å². The van der Waals surface area contributed by atoms with Crippen LogP contribution in [0.1, 0.15) is 16.0 Å². The number of fused-ring (bicyclic) bond motifs is 1. The largest absolute Gasteiger partial charge is 0.308 e. The van der Waals surface area contributed by atoms with Crippen LogP contribution in [0, 0.1) is 6.92 Å². The number of benzene rings is 2. The molecule has 0 aliphatic heterocycles. The minimum atomic E-state index is -0.0984. The third-order valence-electron chi connectivity index (χ3n) is 5.28. The molecule has 31 heavy (non-hydrogen) atoms. The lowest BCUT2D eigenvalue weighted by atomic mass is 10.1. The second kappa shape index (κ2) is 8.34. The molecular weight excluding hydrogens is 404 g/mol. The number of hydrogen-bond donors (Lipinski definition) is 2. The van der Waals surface area contributed by atoms with Crippen molar-refractivity contribution in [3.63, 3.8) is 0 Å². The molecule has 0 aliphatic carbocycles. The maximum atomic E-state index is 12.9. The van der Waals surface area contributed by atoms with Gasteiger partial charge >= 0.3 is 0 Å². The summed E-state index contributed by atoms with van der Waals surface area (Å²) in [6, 6.07) is 24.3. The SMILES string of the molecule is Cc1ccc(-c2nn(-c3ccccc3)c3[nH]c(=O)c(CNCc4cccs4)cc23)cc1. The van der Waals surface area contributed by atoms with Crippen LogP contribution in [0.4, 0.5) is 0 Å². The van der Waals surface area contributed by atoms with E-state index in [1.165, 1.54) is 10.4 Å². The first-order valence-corrected chi connectivity index (χ1v) is 11.1. The number of aryl methyl sites for hydroxylation is 1. The number of hydrogen-bond acceptors (Lipinski definition) is 4. The predicted molar refractivity (Wildman–Crippen MR) is 127 cm³/mol. The molecule has 5 aromatic rings. The van der Waals surface area contributed by atoms with Crippen molar-refractivity contribution in [1.29, 1.82) is 0 Å². The smallest absolute Gasteiger partial charge is 0.254 e. The van der Waals surface area contributed by atoms with Gasteiger partial charge in [0.2, 0.25) is 0 Å². The molecule has 0 bridgehead atoms. The zero-order chi connectivity index (χ0) is 21.2. The third-order valence-corrected chi connectivity index (χ3v) is 6.16. The summed E-state index contributed by atoms with van der Waals surface area (Å²) in [5, 5.41) is 11.3. The van der Waals surface area contributed by atoms with E-state index in [-0.39, 0.29) is 5.56 Å². The highest BCUT2D eigenvalue weighted by Crippen LogP contribution is 2.29. The van der Waals surface area contributed by atoms with Gasteiger partial charge in [-0.3, -0.25) is 4.79 Å². The van der Waals surface area contributed by atoms with Crippen LogP contribution in [0.2, 0.25) is 0 Å². The number of nitrogens with zero attached hydrogens (tertiary/aromatic N) is 2. The number of thiophene rings is 1. The van der Waals surface area contributed by atoms with Gasteiger partial charge in [-0.1, -0.05) is 54.1 Å². The Hall–Kier alpha value is -3.48. The predicted octanol–water partition coefficient (Wildman–Crippen LogP) is 5.04. The van der Waals surface area contributed by atoms with Gasteiger partial charge in [-0.2, -0.15) is 5.10 Å². The van der Waals surface area contributed by atoms with E-state index < -0.39 is 0 Å². The first-order chi connectivity index (χ1) is 15.2. The number of aromatic amines is 1. The van der Waals surface area contributed by atoms with Crippen molar-refractivity contribution in [2.24, 2.45) is 0 Å². The van der Waals surface area contributed by atoms with Crippen LogP contribution in [0.25, 0.3) is 28.0 Å². The molecule has 3 aromatic heterocycles. The van der Waals surface area contributed by atoms with Crippen LogP contribution < -0.4 is 10.9 Å². The lowest BCUT2D eigenvalue weighted by molar-refractivity contribution is 0.695. The third kappa shape index (κ3) is 3.95. The zero-order valence-electron chi connectivity index (χ0n) is 17.1. The van der Waals surface area contributed by atoms with Gasteiger partial charge in [0.05, 0.1) is 5.69 Å². The molecule has 0 saturated carbocycles. The second-order valence-electron chi connectivity index (χ2n) is 7.53. The molecule has 0 amide bonds. The van der Waals surface area contributed by atoms with E-state index in [9.17, 15) is 4.79 Å². The van der Waals surface area contributed by atoms with Crippen LogP contribution in [0.3, 0.4) is 0 Å². The fourth-order valence-electron chi connectivity index (χ4n) is 3.66. The fourth-order valence-corrected chi connectivity index (χ4v) is 4.33. The van der Waals surface area contributed by atoms with Crippen molar-refractivity contribution < 1.29 is 0 Å². The topological polar surface area (TPSA) is 62.7 Å². The molecule has 0 atom stereocenters. The Bertz CT molecular complexity index is 1370. The molecule has 6 heteroatoms. The highest BCUT2D eigenvalue weighted by atomic mass is 32.1. The van der Waals surface area contributed by atoms with Crippen molar-refractivity contribution in [3.05, 3.63) is 105 Å². The summed E-state index contributed by atoms with van der Waals surface area (Å²) in [5.41, 5.74) is 5.29. The van der Waals surface area contributed by atoms with Gasteiger partial charge in [-0.05, 0) is 36.6 Å². The molecule has 154 valence electrons. The molecule has 0 unspecified atom stereocenters. The molecule has 0 saturated heterocycles. The van der Waals surface area contributed by atoms with Crippen molar-refractivity contribution in [3.8, 4) is 16.9 Å². The van der Waals surface area contributed by atoms with Gasteiger partial charge in [0, 0.05) is 34.5 Å². The van der Waals surface area contributed by atoms with Gasteiger partial charge in [0.15, 0.2) is 0 Å². The minimum absolute atomic E-state index is 0.0984.